The number of rotatable bonds is 2. The van der Waals surface area contributed by atoms with Gasteiger partial charge in [-0.25, -0.2) is 4.98 Å². The summed E-state index contributed by atoms with van der Waals surface area (Å²) in [5, 5.41) is 6.94. The zero-order valence-electron chi connectivity index (χ0n) is 10.5. The summed E-state index contributed by atoms with van der Waals surface area (Å²) in [6.07, 6.45) is 1.68. The van der Waals surface area contributed by atoms with Crippen LogP contribution in [-0.2, 0) is 7.05 Å². The summed E-state index contributed by atoms with van der Waals surface area (Å²) < 4.78 is 2.68. The zero-order valence-corrected chi connectivity index (χ0v) is 11.4. The number of nitrogens with one attached hydrogen (secondary N) is 1. The molecule has 5 nitrogen and oxygen atoms in total. The fourth-order valence-electron chi connectivity index (χ4n) is 2.00. The Kier molecular flexibility index (Phi) is 2.79. The van der Waals surface area contributed by atoms with E-state index in [1.807, 2.05) is 25.1 Å². The third kappa shape index (κ3) is 2.10. The highest BCUT2D eigenvalue weighted by molar-refractivity contribution is 7.16. The van der Waals surface area contributed by atoms with Gasteiger partial charge in [0.25, 0.3) is 5.91 Å². The SMILES string of the molecule is Cc1cnn(C)c1C(=O)Nc1ccc2scnc2c1. The number of hydrogen-bond acceptors (Lipinski definition) is 4. The number of amides is 1. The molecule has 0 aliphatic carbocycles. The van der Waals surface area contributed by atoms with Gasteiger partial charge in [0, 0.05) is 12.7 Å². The number of fused-ring (bicyclic) bond motifs is 1. The van der Waals surface area contributed by atoms with E-state index in [2.05, 4.69) is 15.4 Å². The van der Waals surface area contributed by atoms with Crippen LogP contribution in [0.1, 0.15) is 16.1 Å². The minimum Gasteiger partial charge on any atom is -0.321 e. The van der Waals surface area contributed by atoms with E-state index in [1.165, 1.54) is 0 Å². The van der Waals surface area contributed by atoms with Crippen LogP contribution in [0, 0.1) is 6.92 Å². The number of aryl methyl sites for hydroxylation is 2. The van der Waals surface area contributed by atoms with E-state index in [0.29, 0.717) is 5.69 Å². The van der Waals surface area contributed by atoms with Gasteiger partial charge >= 0.3 is 0 Å². The highest BCUT2D eigenvalue weighted by Crippen LogP contribution is 2.22. The van der Waals surface area contributed by atoms with Gasteiger partial charge in [0.1, 0.15) is 5.69 Å². The molecule has 1 N–H and O–H groups in total. The Balaban J connectivity index is 1.90. The van der Waals surface area contributed by atoms with Crippen LogP contribution in [0.2, 0.25) is 0 Å². The molecule has 3 aromatic rings. The molecule has 2 heterocycles. The lowest BCUT2D eigenvalue weighted by Gasteiger charge is -2.06. The maximum absolute atomic E-state index is 12.2. The van der Waals surface area contributed by atoms with Crippen molar-refractivity contribution in [2.45, 2.75) is 6.92 Å². The molecule has 0 atom stereocenters. The fourth-order valence-corrected chi connectivity index (χ4v) is 2.66. The third-order valence-corrected chi connectivity index (χ3v) is 3.74. The van der Waals surface area contributed by atoms with E-state index >= 15 is 0 Å². The summed E-state index contributed by atoms with van der Waals surface area (Å²) in [6.45, 7) is 1.87. The largest absolute Gasteiger partial charge is 0.321 e. The number of carbonyl (C=O) groups excluding carboxylic acids is 1. The highest BCUT2D eigenvalue weighted by Gasteiger charge is 2.14. The van der Waals surface area contributed by atoms with Crippen LogP contribution in [-0.4, -0.2) is 20.7 Å². The molecule has 1 aromatic carbocycles. The van der Waals surface area contributed by atoms with Gasteiger partial charge in [0.05, 0.1) is 21.9 Å². The summed E-state index contributed by atoms with van der Waals surface area (Å²) in [4.78, 5) is 16.4. The van der Waals surface area contributed by atoms with E-state index in [9.17, 15) is 4.79 Å². The zero-order chi connectivity index (χ0) is 13.4. The van der Waals surface area contributed by atoms with Crippen molar-refractivity contribution in [2.24, 2.45) is 7.05 Å². The van der Waals surface area contributed by atoms with E-state index in [1.54, 1.807) is 34.8 Å². The second-order valence-corrected chi connectivity index (χ2v) is 5.18. The van der Waals surface area contributed by atoms with Crippen LogP contribution >= 0.6 is 11.3 Å². The monoisotopic (exact) mass is 272 g/mol. The number of carbonyl (C=O) groups is 1. The first kappa shape index (κ1) is 11.9. The first-order valence-electron chi connectivity index (χ1n) is 5.78. The van der Waals surface area contributed by atoms with E-state index in [0.717, 1.165) is 21.5 Å². The minimum atomic E-state index is -0.160. The van der Waals surface area contributed by atoms with Gasteiger partial charge in [0.2, 0.25) is 0 Å². The second kappa shape index (κ2) is 4.47. The summed E-state index contributed by atoms with van der Waals surface area (Å²) in [7, 11) is 1.76. The molecule has 0 unspecified atom stereocenters. The molecule has 2 aromatic heterocycles. The van der Waals surface area contributed by atoms with E-state index in [4.69, 9.17) is 0 Å². The molecule has 0 saturated heterocycles. The van der Waals surface area contributed by atoms with Crippen molar-refractivity contribution >= 4 is 33.1 Å². The fraction of sp³-hybridized carbons (Fsp3) is 0.154. The maximum Gasteiger partial charge on any atom is 0.274 e. The standard InChI is InChI=1S/C13H12N4OS/c1-8-6-15-17(2)12(8)13(18)16-9-3-4-11-10(5-9)14-7-19-11/h3-7H,1-2H3,(H,16,18). The number of thiazole rings is 1. The van der Waals surface area contributed by atoms with Gasteiger partial charge in [-0.2, -0.15) is 5.10 Å². The molecule has 0 saturated carbocycles. The van der Waals surface area contributed by atoms with Gasteiger partial charge in [0.15, 0.2) is 0 Å². The Bertz CT molecular complexity index is 739. The lowest BCUT2D eigenvalue weighted by Crippen LogP contribution is -2.17. The van der Waals surface area contributed by atoms with Crippen molar-refractivity contribution in [3.63, 3.8) is 0 Å². The van der Waals surface area contributed by atoms with Crippen LogP contribution in [0.5, 0.6) is 0 Å². The molecule has 0 fully saturated rings. The van der Waals surface area contributed by atoms with Gasteiger partial charge in [-0.05, 0) is 30.7 Å². The molecule has 6 heteroatoms. The van der Waals surface area contributed by atoms with Crippen LogP contribution in [0.4, 0.5) is 5.69 Å². The summed E-state index contributed by atoms with van der Waals surface area (Å²) >= 11 is 1.58. The van der Waals surface area contributed by atoms with Gasteiger partial charge in [-0.1, -0.05) is 0 Å². The molecule has 19 heavy (non-hydrogen) atoms. The summed E-state index contributed by atoms with van der Waals surface area (Å²) in [5.74, 6) is -0.160. The number of benzene rings is 1. The molecule has 0 radical (unpaired) electrons. The number of nitrogens with zero attached hydrogens (tertiary/aromatic N) is 3. The van der Waals surface area contributed by atoms with Crippen LogP contribution in [0.3, 0.4) is 0 Å². The topological polar surface area (TPSA) is 59.8 Å². The first-order valence-corrected chi connectivity index (χ1v) is 6.66. The van der Waals surface area contributed by atoms with E-state index in [-0.39, 0.29) is 5.91 Å². The molecule has 1 amide bonds. The van der Waals surface area contributed by atoms with Crippen molar-refractivity contribution in [1.82, 2.24) is 14.8 Å². The molecule has 0 spiro atoms. The van der Waals surface area contributed by atoms with Crippen molar-refractivity contribution in [3.05, 3.63) is 41.2 Å². The lowest BCUT2D eigenvalue weighted by molar-refractivity contribution is 0.101. The molecule has 96 valence electrons. The maximum atomic E-state index is 12.2. The Hall–Kier alpha value is -2.21. The highest BCUT2D eigenvalue weighted by atomic mass is 32.1. The predicted octanol–water partition coefficient (Wildman–Crippen LogP) is 2.59. The van der Waals surface area contributed by atoms with Crippen LogP contribution < -0.4 is 5.32 Å². The van der Waals surface area contributed by atoms with Crippen molar-refractivity contribution < 1.29 is 4.79 Å². The van der Waals surface area contributed by atoms with Crippen LogP contribution in [0.15, 0.2) is 29.9 Å². The van der Waals surface area contributed by atoms with Gasteiger partial charge < -0.3 is 5.32 Å². The van der Waals surface area contributed by atoms with Crippen molar-refractivity contribution in [1.29, 1.82) is 0 Å². The average molecular weight is 272 g/mol. The Morgan fingerprint density at radius 2 is 2.26 bits per heavy atom. The molecule has 3 rings (SSSR count). The Morgan fingerprint density at radius 1 is 1.42 bits per heavy atom. The smallest absolute Gasteiger partial charge is 0.274 e. The third-order valence-electron chi connectivity index (χ3n) is 2.93. The van der Waals surface area contributed by atoms with E-state index < -0.39 is 0 Å². The number of hydrogen-bond donors (Lipinski definition) is 1. The Morgan fingerprint density at radius 3 is 3.00 bits per heavy atom. The quantitative estimate of drug-likeness (QED) is 0.780. The molecular formula is C13H12N4OS. The van der Waals surface area contributed by atoms with Crippen molar-refractivity contribution in [3.8, 4) is 0 Å². The summed E-state index contributed by atoms with van der Waals surface area (Å²) in [5.41, 5.74) is 4.85. The molecule has 0 aliphatic heterocycles. The Labute approximate surface area is 113 Å². The van der Waals surface area contributed by atoms with Crippen molar-refractivity contribution in [2.75, 3.05) is 5.32 Å². The number of anilines is 1. The molecule has 0 bridgehead atoms. The summed E-state index contributed by atoms with van der Waals surface area (Å²) in [6, 6.07) is 5.71. The normalized spacial score (nSPS) is 10.8. The molecular weight excluding hydrogens is 260 g/mol. The number of aromatic nitrogens is 3. The van der Waals surface area contributed by atoms with Crippen LogP contribution in [0.25, 0.3) is 10.2 Å². The molecule has 0 aliphatic rings. The minimum absolute atomic E-state index is 0.160. The lowest BCUT2D eigenvalue weighted by atomic mass is 10.2. The van der Waals surface area contributed by atoms with Gasteiger partial charge in [-0.3, -0.25) is 9.48 Å². The average Bonchev–Trinajstić information content (AvgIpc) is 2.95. The predicted molar refractivity (Wildman–Crippen MR) is 75.5 cm³/mol. The van der Waals surface area contributed by atoms with Gasteiger partial charge in [-0.15, -0.1) is 11.3 Å². The first-order chi connectivity index (χ1) is 9.15. The second-order valence-electron chi connectivity index (χ2n) is 4.29.